The zero-order valence-electron chi connectivity index (χ0n) is 16.1. The lowest BCUT2D eigenvalue weighted by Gasteiger charge is -2.31. The second-order valence-electron chi connectivity index (χ2n) is 6.61. The Hall–Kier alpha value is -3.26. The number of hydrogen-bond acceptors (Lipinski definition) is 7. The zero-order valence-corrected chi connectivity index (χ0v) is 16.1. The lowest BCUT2D eigenvalue weighted by atomic mass is 9.80. The number of fused-ring (bicyclic) bond motifs is 1. The monoisotopic (exact) mass is 384 g/mol. The van der Waals surface area contributed by atoms with Gasteiger partial charge in [0, 0.05) is 35.8 Å². The number of esters is 1. The van der Waals surface area contributed by atoms with Crippen LogP contribution in [0.25, 0.3) is 0 Å². The molecule has 0 fully saturated rings. The van der Waals surface area contributed by atoms with Gasteiger partial charge in [-0.1, -0.05) is 6.07 Å². The van der Waals surface area contributed by atoms with Crippen LogP contribution in [0.2, 0.25) is 0 Å². The van der Waals surface area contributed by atoms with Gasteiger partial charge in [-0.15, -0.1) is 0 Å². The maximum Gasteiger partial charge on any atom is 0.336 e. The van der Waals surface area contributed by atoms with Gasteiger partial charge in [0.05, 0.1) is 29.9 Å². The minimum absolute atomic E-state index is 0.0816. The predicted molar refractivity (Wildman–Crippen MR) is 107 cm³/mol. The van der Waals surface area contributed by atoms with E-state index in [1.165, 1.54) is 7.11 Å². The van der Waals surface area contributed by atoms with Gasteiger partial charge < -0.3 is 31.2 Å². The fourth-order valence-corrected chi connectivity index (χ4v) is 3.48. The van der Waals surface area contributed by atoms with Crippen molar-refractivity contribution in [1.82, 2.24) is 4.98 Å². The van der Waals surface area contributed by atoms with Crippen LogP contribution >= 0.6 is 0 Å². The van der Waals surface area contributed by atoms with Crippen molar-refractivity contribution in [3.05, 3.63) is 62.7 Å². The summed E-state index contributed by atoms with van der Waals surface area (Å²) < 4.78 is 10.8. The summed E-state index contributed by atoms with van der Waals surface area (Å²) in [4.78, 5) is 28.4. The smallest absolute Gasteiger partial charge is 0.336 e. The second-order valence-corrected chi connectivity index (χ2v) is 6.61. The van der Waals surface area contributed by atoms with Gasteiger partial charge in [-0.25, -0.2) is 4.79 Å². The van der Waals surface area contributed by atoms with Gasteiger partial charge in [-0.3, -0.25) is 4.79 Å². The lowest BCUT2D eigenvalue weighted by molar-refractivity contribution is -0.139. The third kappa shape index (κ3) is 3.34. The number of nitrogens with one attached hydrogen (secondary N) is 2. The van der Waals surface area contributed by atoms with E-state index in [1.54, 1.807) is 31.3 Å². The van der Waals surface area contributed by atoms with Gasteiger partial charge in [-0.2, -0.15) is 0 Å². The van der Waals surface area contributed by atoms with Crippen molar-refractivity contribution in [2.75, 3.05) is 31.3 Å². The summed E-state index contributed by atoms with van der Waals surface area (Å²) in [7, 11) is 1.52. The van der Waals surface area contributed by atoms with Crippen LogP contribution in [-0.2, 0) is 9.53 Å². The molecule has 1 unspecified atom stereocenters. The predicted octanol–water partition coefficient (Wildman–Crippen LogP) is 1.61. The Morgan fingerprint density at radius 1 is 1.29 bits per heavy atom. The summed E-state index contributed by atoms with van der Waals surface area (Å²) in [5.74, 6) is -0.734. The molecule has 28 heavy (non-hydrogen) atoms. The zero-order chi connectivity index (χ0) is 20.4. The number of H-pyrrole nitrogens is 1. The van der Waals surface area contributed by atoms with Crippen molar-refractivity contribution in [2.45, 2.75) is 19.8 Å². The molecule has 0 spiro atoms. The fourth-order valence-electron chi connectivity index (χ4n) is 3.48. The van der Waals surface area contributed by atoms with Crippen LogP contribution in [0.4, 0.5) is 11.4 Å². The molecule has 1 aromatic heterocycles. The number of nitrogens with two attached hydrogens (primary N) is 2. The number of benzene rings is 1. The molecule has 8 nitrogen and oxygen atoms in total. The highest BCUT2D eigenvalue weighted by molar-refractivity contribution is 5.95. The molecule has 0 aliphatic carbocycles. The van der Waals surface area contributed by atoms with Gasteiger partial charge in [0.1, 0.15) is 12.4 Å². The number of pyridine rings is 1. The Bertz CT molecular complexity index is 1010. The van der Waals surface area contributed by atoms with Crippen LogP contribution in [-0.4, -0.2) is 31.2 Å². The highest BCUT2D eigenvalue weighted by Gasteiger charge is 2.37. The van der Waals surface area contributed by atoms with Crippen LogP contribution in [0, 0.1) is 6.92 Å². The Kier molecular flexibility index (Phi) is 5.41. The number of methoxy groups -OCH3 is 1. The average Bonchev–Trinajstić information content (AvgIpc) is 2.68. The summed E-state index contributed by atoms with van der Waals surface area (Å²) in [6, 6.07) is 5.14. The Labute approximate surface area is 162 Å². The standard InChI is InChI=1S/C20H24N4O4/c1-10-9-23-19(25)17-16(13-5-4-12(22)8-14(13)27-3)15(11(2)24-18(10)17)20(26)28-7-6-21/h4-5,8-9,16,24H,6-7,21-22H2,1-3H3,(H,23,25). The normalized spacial score (nSPS) is 15.6. The first-order chi connectivity index (χ1) is 13.4. The summed E-state index contributed by atoms with van der Waals surface area (Å²) in [6.45, 7) is 3.94. The van der Waals surface area contributed by atoms with Crippen molar-refractivity contribution in [1.29, 1.82) is 0 Å². The van der Waals surface area contributed by atoms with Gasteiger partial charge in [-0.05, 0) is 25.5 Å². The van der Waals surface area contributed by atoms with Crippen molar-refractivity contribution < 1.29 is 14.3 Å². The van der Waals surface area contributed by atoms with Crippen molar-refractivity contribution in [3.8, 4) is 5.75 Å². The van der Waals surface area contributed by atoms with E-state index in [4.69, 9.17) is 20.9 Å². The second kappa shape index (κ2) is 7.77. The highest BCUT2D eigenvalue weighted by Crippen LogP contribution is 2.44. The van der Waals surface area contributed by atoms with Gasteiger partial charge in [0.2, 0.25) is 0 Å². The van der Waals surface area contributed by atoms with E-state index in [-0.39, 0.29) is 18.7 Å². The number of aromatic nitrogens is 1. The van der Waals surface area contributed by atoms with E-state index >= 15 is 0 Å². The maximum atomic E-state index is 12.9. The molecule has 1 aliphatic rings. The Morgan fingerprint density at radius 3 is 2.71 bits per heavy atom. The molecular formula is C20H24N4O4. The van der Waals surface area contributed by atoms with Gasteiger partial charge in [0.15, 0.2) is 0 Å². The SMILES string of the molecule is COc1cc(N)ccc1C1C(C(=O)OCCN)=C(C)Nc2c(C)c[nH]c(=O)c21. The minimum Gasteiger partial charge on any atom is -0.496 e. The highest BCUT2D eigenvalue weighted by atomic mass is 16.5. The van der Waals surface area contributed by atoms with Crippen LogP contribution in [0.15, 0.2) is 40.5 Å². The number of ether oxygens (including phenoxy) is 2. The van der Waals surface area contributed by atoms with E-state index in [2.05, 4.69) is 10.3 Å². The number of allylic oxidation sites excluding steroid dienone is 1. The first-order valence-corrected chi connectivity index (χ1v) is 8.89. The molecule has 6 N–H and O–H groups in total. The number of aryl methyl sites for hydroxylation is 1. The summed E-state index contributed by atoms with van der Waals surface area (Å²) in [6.07, 6.45) is 1.64. The molecule has 0 radical (unpaired) electrons. The van der Waals surface area contributed by atoms with Gasteiger partial charge >= 0.3 is 5.97 Å². The summed E-state index contributed by atoms with van der Waals surface area (Å²) in [5, 5.41) is 3.19. The quantitative estimate of drug-likeness (QED) is 0.455. The largest absolute Gasteiger partial charge is 0.496 e. The van der Waals surface area contributed by atoms with E-state index in [1.807, 2.05) is 6.92 Å². The number of aromatic amines is 1. The topological polar surface area (TPSA) is 132 Å². The number of rotatable bonds is 5. The molecule has 8 heteroatoms. The molecule has 1 aliphatic heterocycles. The van der Waals surface area contributed by atoms with Crippen molar-refractivity contribution in [3.63, 3.8) is 0 Å². The fraction of sp³-hybridized carbons (Fsp3) is 0.300. The molecule has 0 bridgehead atoms. The summed E-state index contributed by atoms with van der Waals surface area (Å²) in [5.41, 5.74) is 15.1. The summed E-state index contributed by atoms with van der Waals surface area (Å²) >= 11 is 0. The molecule has 148 valence electrons. The van der Waals surface area contributed by atoms with Crippen LogP contribution in [0.5, 0.6) is 5.75 Å². The number of nitrogen functional groups attached to an aromatic ring is 1. The molecule has 2 aromatic rings. The molecular weight excluding hydrogens is 360 g/mol. The van der Waals surface area contributed by atoms with Crippen LogP contribution < -0.4 is 27.1 Å². The third-order valence-corrected chi connectivity index (χ3v) is 4.76. The van der Waals surface area contributed by atoms with Crippen LogP contribution in [0.1, 0.15) is 29.5 Å². The first-order valence-electron chi connectivity index (χ1n) is 8.89. The van der Waals surface area contributed by atoms with E-state index < -0.39 is 11.9 Å². The lowest BCUT2D eigenvalue weighted by Crippen LogP contribution is -2.31. The number of anilines is 2. The molecule has 1 atom stereocenters. The maximum absolute atomic E-state index is 12.9. The molecule has 3 rings (SSSR count). The van der Waals surface area contributed by atoms with Crippen molar-refractivity contribution in [2.24, 2.45) is 5.73 Å². The number of carbonyl (C=O) groups excluding carboxylic acids is 1. The van der Waals surface area contributed by atoms with E-state index in [0.29, 0.717) is 39.5 Å². The first kappa shape index (κ1) is 19.5. The van der Waals surface area contributed by atoms with Crippen LogP contribution in [0.3, 0.4) is 0 Å². The molecule has 0 saturated carbocycles. The number of carbonyl (C=O) groups is 1. The Morgan fingerprint density at radius 2 is 2.04 bits per heavy atom. The van der Waals surface area contributed by atoms with E-state index in [9.17, 15) is 9.59 Å². The van der Waals surface area contributed by atoms with Crippen molar-refractivity contribution >= 4 is 17.3 Å². The molecule has 2 heterocycles. The van der Waals surface area contributed by atoms with Gasteiger partial charge in [0.25, 0.3) is 5.56 Å². The average molecular weight is 384 g/mol. The Balaban J connectivity index is 2.29. The van der Waals surface area contributed by atoms with E-state index in [0.717, 1.165) is 5.56 Å². The molecule has 0 saturated heterocycles. The molecule has 1 aromatic carbocycles. The minimum atomic E-state index is -0.680. The third-order valence-electron chi connectivity index (χ3n) is 4.76. The number of hydrogen-bond donors (Lipinski definition) is 4. The molecule has 0 amide bonds.